The molecule has 0 spiro atoms. The molecule has 0 aliphatic rings. The second-order valence-electron chi connectivity index (χ2n) is 6.31. The first-order valence-corrected chi connectivity index (χ1v) is 7.19. The van der Waals surface area contributed by atoms with Crippen LogP contribution in [0, 0.1) is 6.92 Å². The van der Waals surface area contributed by atoms with Crippen molar-refractivity contribution in [1.29, 1.82) is 0 Å². The highest BCUT2D eigenvalue weighted by Gasteiger charge is 2.15. The Labute approximate surface area is 127 Å². The van der Waals surface area contributed by atoms with E-state index in [1.807, 2.05) is 18.3 Å². The summed E-state index contributed by atoms with van der Waals surface area (Å²) in [6, 6.07) is 14.5. The van der Waals surface area contributed by atoms with Gasteiger partial charge >= 0.3 is 0 Å². The Bertz CT molecular complexity index is 651. The fourth-order valence-electron chi connectivity index (χ4n) is 2.15. The number of hydrogen-bond donors (Lipinski definition) is 0. The third kappa shape index (κ3) is 3.94. The van der Waals surface area contributed by atoms with E-state index in [1.165, 1.54) is 11.1 Å². The van der Waals surface area contributed by atoms with Crippen LogP contribution in [0.5, 0.6) is 5.75 Å². The summed E-state index contributed by atoms with van der Waals surface area (Å²) in [6.07, 6.45) is 1.89. The summed E-state index contributed by atoms with van der Waals surface area (Å²) in [5.74, 6) is 0.798. The lowest BCUT2D eigenvalue weighted by Gasteiger charge is -2.20. The van der Waals surface area contributed by atoms with Gasteiger partial charge in [0.05, 0.1) is 7.11 Å². The van der Waals surface area contributed by atoms with E-state index < -0.39 is 0 Å². The lowest BCUT2D eigenvalue weighted by atomic mass is 9.87. The first-order chi connectivity index (χ1) is 9.90. The molecule has 0 saturated carbocycles. The van der Waals surface area contributed by atoms with Crippen molar-refractivity contribution in [1.82, 2.24) is 0 Å². The SMILES string of the molecule is COc1ccc(C(C)(C)C)cc1N=Cc1cccc(C)c1. The third-order valence-corrected chi connectivity index (χ3v) is 3.44. The van der Waals surface area contributed by atoms with Crippen LogP contribution in [0.4, 0.5) is 5.69 Å². The number of hydrogen-bond acceptors (Lipinski definition) is 2. The van der Waals surface area contributed by atoms with E-state index >= 15 is 0 Å². The number of rotatable bonds is 3. The number of ether oxygens (including phenoxy) is 1. The average molecular weight is 281 g/mol. The predicted octanol–water partition coefficient (Wildman–Crippen LogP) is 5.05. The van der Waals surface area contributed by atoms with Crippen LogP contribution in [0.25, 0.3) is 0 Å². The largest absolute Gasteiger partial charge is 0.494 e. The normalized spacial score (nSPS) is 11.9. The molecule has 21 heavy (non-hydrogen) atoms. The Morgan fingerprint density at radius 2 is 1.81 bits per heavy atom. The molecule has 0 bridgehead atoms. The maximum absolute atomic E-state index is 5.41. The lowest BCUT2D eigenvalue weighted by Crippen LogP contribution is -2.10. The van der Waals surface area contributed by atoms with Crippen LogP contribution >= 0.6 is 0 Å². The maximum Gasteiger partial charge on any atom is 0.144 e. The summed E-state index contributed by atoms with van der Waals surface area (Å²) in [5, 5.41) is 0. The Hall–Kier alpha value is -2.09. The monoisotopic (exact) mass is 281 g/mol. The van der Waals surface area contributed by atoms with Crippen molar-refractivity contribution in [2.45, 2.75) is 33.1 Å². The van der Waals surface area contributed by atoms with Crippen LogP contribution in [-0.4, -0.2) is 13.3 Å². The molecule has 0 atom stereocenters. The first kappa shape index (κ1) is 15.3. The molecule has 0 amide bonds. The topological polar surface area (TPSA) is 21.6 Å². The standard InChI is InChI=1S/C19H23NO/c1-14-7-6-8-15(11-14)13-20-17-12-16(19(2,3)4)9-10-18(17)21-5/h6-13H,1-5H3. The Morgan fingerprint density at radius 1 is 1.05 bits per heavy atom. The summed E-state index contributed by atoms with van der Waals surface area (Å²) in [6.45, 7) is 8.67. The fourth-order valence-corrected chi connectivity index (χ4v) is 2.15. The van der Waals surface area contributed by atoms with E-state index in [-0.39, 0.29) is 5.41 Å². The summed E-state index contributed by atoms with van der Waals surface area (Å²) in [5.41, 5.74) is 4.54. The van der Waals surface area contributed by atoms with E-state index in [9.17, 15) is 0 Å². The molecule has 0 aliphatic carbocycles. The van der Waals surface area contributed by atoms with Crippen LogP contribution in [0.15, 0.2) is 47.5 Å². The quantitative estimate of drug-likeness (QED) is 0.721. The second kappa shape index (κ2) is 6.13. The third-order valence-electron chi connectivity index (χ3n) is 3.44. The van der Waals surface area contributed by atoms with Crippen LogP contribution in [0.2, 0.25) is 0 Å². The fraction of sp³-hybridized carbons (Fsp3) is 0.316. The molecule has 0 unspecified atom stereocenters. The second-order valence-corrected chi connectivity index (χ2v) is 6.31. The van der Waals surface area contributed by atoms with Gasteiger partial charge in [-0.3, -0.25) is 4.99 Å². The number of nitrogens with zero attached hydrogens (tertiary/aromatic N) is 1. The average Bonchev–Trinajstić information content (AvgIpc) is 2.44. The van der Waals surface area contributed by atoms with Crippen molar-refractivity contribution < 1.29 is 4.74 Å². The number of benzene rings is 2. The van der Waals surface area contributed by atoms with Gasteiger partial charge < -0.3 is 4.74 Å². The van der Waals surface area contributed by atoms with Gasteiger partial charge in [0.1, 0.15) is 11.4 Å². The van der Waals surface area contributed by atoms with Crippen LogP contribution in [-0.2, 0) is 5.41 Å². The summed E-state index contributed by atoms with van der Waals surface area (Å²) in [4.78, 5) is 4.61. The van der Waals surface area contributed by atoms with E-state index in [0.29, 0.717) is 0 Å². The van der Waals surface area contributed by atoms with Gasteiger partial charge in [0, 0.05) is 6.21 Å². The van der Waals surface area contributed by atoms with Crippen LogP contribution < -0.4 is 4.74 Å². The van der Waals surface area contributed by atoms with Crippen molar-refractivity contribution in [3.63, 3.8) is 0 Å². The van der Waals surface area contributed by atoms with E-state index in [2.05, 4.69) is 63.0 Å². The Kier molecular flexibility index (Phi) is 4.46. The van der Waals surface area contributed by atoms with Gasteiger partial charge in [0.25, 0.3) is 0 Å². The molecule has 110 valence electrons. The molecule has 0 saturated heterocycles. The van der Waals surface area contributed by atoms with Crippen molar-refractivity contribution in [3.05, 3.63) is 59.2 Å². The molecular weight excluding hydrogens is 258 g/mol. The van der Waals surface area contributed by atoms with E-state index in [1.54, 1.807) is 7.11 Å². The van der Waals surface area contributed by atoms with Crippen molar-refractivity contribution in [3.8, 4) is 5.75 Å². The van der Waals surface area contributed by atoms with E-state index in [0.717, 1.165) is 17.0 Å². The maximum atomic E-state index is 5.41. The van der Waals surface area contributed by atoms with Gasteiger partial charge in [0.2, 0.25) is 0 Å². The van der Waals surface area contributed by atoms with Gasteiger partial charge in [-0.2, -0.15) is 0 Å². The zero-order valence-corrected chi connectivity index (χ0v) is 13.5. The minimum absolute atomic E-state index is 0.0971. The van der Waals surface area contributed by atoms with Gasteiger partial charge in [-0.1, -0.05) is 56.7 Å². The molecule has 0 aromatic heterocycles. The minimum atomic E-state index is 0.0971. The molecule has 0 N–H and O–H groups in total. The van der Waals surface area contributed by atoms with Crippen molar-refractivity contribution in [2.75, 3.05) is 7.11 Å². The summed E-state index contributed by atoms with van der Waals surface area (Å²) in [7, 11) is 1.68. The van der Waals surface area contributed by atoms with Crippen molar-refractivity contribution in [2.24, 2.45) is 4.99 Å². The highest BCUT2D eigenvalue weighted by molar-refractivity contribution is 5.83. The Balaban J connectivity index is 2.37. The molecule has 0 fully saturated rings. The molecule has 2 nitrogen and oxygen atoms in total. The molecule has 2 heteroatoms. The number of aryl methyl sites for hydroxylation is 1. The minimum Gasteiger partial charge on any atom is -0.494 e. The van der Waals surface area contributed by atoms with Crippen molar-refractivity contribution >= 4 is 11.9 Å². The van der Waals surface area contributed by atoms with Gasteiger partial charge in [0.15, 0.2) is 0 Å². The highest BCUT2D eigenvalue weighted by Crippen LogP contribution is 2.33. The Morgan fingerprint density at radius 3 is 2.43 bits per heavy atom. The highest BCUT2D eigenvalue weighted by atomic mass is 16.5. The van der Waals surface area contributed by atoms with E-state index in [4.69, 9.17) is 4.74 Å². The summed E-state index contributed by atoms with van der Waals surface area (Å²) >= 11 is 0. The van der Waals surface area contributed by atoms with Crippen LogP contribution in [0.1, 0.15) is 37.5 Å². The van der Waals surface area contributed by atoms with Gasteiger partial charge in [-0.15, -0.1) is 0 Å². The molecule has 2 aromatic rings. The predicted molar refractivity (Wildman–Crippen MR) is 90.1 cm³/mol. The molecule has 0 radical (unpaired) electrons. The molecule has 0 heterocycles. The summed E-state index contributed by atoms with van der Waals surface area (Å²) < 4.78 is 5.41. The molecular formula is C19H23NO. The molecule has 2 aromatic carbocycles. The van der Waals surface area contributed by atoms with Gasteiger partial charge in [-0.05, 0) is 35.6 Å². The molecule has 0 aliphatic heterocycles. The number of aliphatic imine (C=N–C) groups is 1. The van der Waals surface area contributed by atoms with Crippen LogP contribution in [0.3, 0.4) is 0 Å². The number of methoxy groups -OCH3 is 1. The zero-order valence-electron chi connectivity index (χ0n) is 13.5. The molecule has 2 rings (SSSR count). The zero-order chi connectivity index (χ0) is 15.5. The smallest absolute Gasteiger partial charge is 0.144 e. The lowest BCUT2D eigenvalue weighted by molar-refractivity contribution is 0.415. The van der Waals surface area contributed by atoms with Gasteiger partial charge in [-0.25, -0.2) is 0 Å². The first-order valence-electron chi connectivity index (χ1n) is 7.19.